The number of amides is 1. The minimum Gasteiger partial charge on any atom is -0.444 e. The minimum absolute atomic E-state index is 0.237. The molecular formula is C24H29ClN4O2. The molecule has 3 aromatic rings. The second-order valence-corrected chi connectivity index (χ2v) is 9.60. The van der Waals surface area contributed by atoms with E-state index in [1.165, 1.54) is 0 Å². The van der Waals surface area contributed by atoms with Gasteiger partial charge in [0, 0.05) is 31.2 Å². The fourth-order valence-corrected chi connectivity index (χ4v) is 4.50. The van der Waals surface area contributed by atoms with E-state index < -0.39 is 5.60 Å². The highest BCUT2D eigenvalue weighted by atomic mass is 35.5. The number of aryl methyl sites for hydroxylation is 1. The van der Waals surface area contributed by atoms with Crippen LogP contribution in [0.5, 0.6) is 0 Å². The van der Waals surface area contributed by atoms with Gasteiger partial charge in [-0.2, -0.15) is 4.98 Å². The van der Waals surface area contributed by atoms with Gasteiger partial charge in [-0.15, -0.1) is 0 Å². The summed E-state index contributed by atoms with van der Waals surface area (Å²) in [6.45, 7) is 9.95. The molecule has 31 heavy (non-hydrogen) atoms. The summed E-state index contributed by atoms with van der Waals surface area (Å²) in [6, 6.07) is 10.3. The van der Waals surface area contributed by atoms with E-state index in [4.69, 9.17) is 16.3 Å². The SMILES string of the molecule is Cc1c(-c2ccccc2)n(CC2CCCN(C(=O)OC(C)(C)C)C2)c2nc(Cl)ncc12. The lowest BCUT2D eigenvalue weighted by Crippen LogP contribution is -2.43. The molecule has 2 aromatic heterocycles. The largest absolute Gasteiger partial charge is 0.444 e. The Kier molecular flexibility index (Phi) is 5.93. The standard InChI is InChI=1S/C24H29ClN4O2/c1-16-19-13-26-22(25)27-21(19)29(20(16)18-10-6-5-7-11-18)15-17-9-8-12-28(14-17)23(30)31-24(2,3)4/h5-7,10-11,13,17H,8-9,12,14-15H2,1-4H3. The summed E-state index contributed by atoms with van der Waals surface area (Å²) >= 11 is 6.16. The summed E-state index contributed by atoms with van der Waals surface area (Å²) in [5, 5.41) is 1.24. The molecule has 1 aliphatic heterocycles. The van der Waals surface area contributed by atoms with Gasteiger partial charge in [-0.25, -0.2) is 9.78 Å². The van der Waals surface area contributed by atoms with Crippen LogP contribution < -0.4 is 0 Å². The van der Waals surface area contributed by atoms with Gasteiger partial charge in [0.1, 0.15) is 11.2 Å². The number of likely N-dealkylation sites (tertiary alicyclic amines) is 1. The molecule has 4 rings (SSSR count). The number of halogens is 1. The molecule has 0 radical (unpaired) electrons. The number of fused-ring (bicyclic) bond motifs is 1. The van der Waals surface area contributed by atoms with Gasteiger partial charge in [-0.1, -0.05) is 30.3 Å². The van der Waals surface area contributed by atoms with Gasteiger partial charge in [-0.3, -0.25) is 0 Å². The monoisotopic (exact) mass is 440 g/mol. The number of piperidine rings is 1. The van der Waals surface area contributed by atoms with Crippen molar-refractivity contribution in [2.45, 2.75) is 52.7 Å². The van der Waals surface area contributed by atoms with Crippen molar-refractivity contribution in [1.29, 1.82) is 0 Å². The zero-order valence-corrected chi connectivity index (χ0v) is 19.3. The number of hydrogen-bond acceptors (Lipinski definition) is 4. The summed E-state index contributed by atoms with van der Waals surface area (Å²) in [4.78, 5) is 23.2. The van der Waals surface area contributed by atoms with E-state index in [9.17, 15) is 4.79 Å². The van der Waals surface area contributed by atoms with Crippen LogP contribution in [0.15, 0.2) is 36.5 Å². The Morgan fingerprint density at radius 1 is 1.26 bits per heavy atom. The predicted molar refractivity (Wildman–Crippen MR) is 123 cm³/mol. The Morgan fingerprint density at radius 2 is 2.00 bits per heavy atom. The lowest BCUT2D eigenvalue weighted by atomic mass is 9.98. The maximum atomic E-state index is 12.6. The van der Waals surface area contributed by atoms with E-state index in [1.807, 2.05) is 43.9 Å². The Balaban J connectivity index is 1.68. The predicted octanol–water partition coefficient (Wildman–Crippen LogP) is 5.71. The van der Waals surface area contributed by atoms with Crippen molar-refractivity contribution in [2.75, 3.05) is 13.1 Å². The van der Waals surface area contributed by atoms with Crippen molar-refractivity contribution >= 4 is 28.7 Å². The second-order valence-electron chi connectivity index (χ2n) is 9.26. The first-order chi connectivity index (χ1) is 14.7. The van der Waals surface area contributed by atoms with Crippen molar-refractivity contribution in [1.82, 2.24) is 19.4 Å². The van der Waals surface area contributed by atoms with Crippen molar-refractivity contribution in [2.24, 2.45) is 5.92 Å². The molecule has 6 nitrogen and oxygen atoms in total. The number of nitrogens with zero attached hydrogens (tertiary/aromatic N) is 4. The molecule has 1 aromatic carbocycles. The van der Waals surface area contributed by atoms with E-state index in [2.05, 4.69) is 33.6 Å². The summed E-state index contributed by atoms with van der Waals surface area (Å²) in [5.41, 5.74) is 3.74. The molecule has 1 aliphatic rings. The summed E-state index contributed by atoms with van der Waals surface area (Å²) in [7, 11) is 0. The van der Waals surface area contributed by atoms with E-state index in [-0.39, 0.29) is 11.4 Å². The molecule has 0 N–H and O–H groups in total. The number of carbonyl (C=O) groups excluding carboxylic acids is 1. The fourth-order valence-electron chi connectivity index (χ4n) is 4.37. The molecule has 0 spiro atoms. The topological polar surface area (TPSA) is 60.2 Å². The third-order valence-corrected chi connectivity index (χ3v) is 5.86. The lowest BCUT2D eigenvalue weighted by Gasteiger charge is -2.34. The van der Waals surface area contributed by atoms with E-state index >= 15 is 0 Å². The van der Waals surface area contributed by atoms with Gasteiger partial charge in [0.15, 0.2) is 0 Å². The molecule has 1 amide bonds. The van der Waals surface area contributed by atoms with Crippen LogP contribution in [-0.2, 0) is 11.3 Å². The highest BCUT2D eigenvalue weighted by Gasteiger charge is 2.29. The van der Waals surface area contributed by atoms with Crippen LogP contribution in [0.4, 0.5) is 4.79 Å². The Hall–Kier alpha value is -2.60. The van der Waals surface area contributed by atoms with Crippen LogP contribution in [0.2, 0.25) is 5.28 Å². The van der Waals surface area contributed by atoms with Crippen LogP contribution in [0, 0.1) is 12.8 Å². The number of hydrogen-bond donors (Lipinski definition) is 0. The highest BCUT2D eigenvalue weighted by Crippen LogP contribution is 2.34. The summed E-state index contributed by atoms with van der Waals surface area (Å²) < 4.78 is 7.85. The fraction of sp³-hybridized carbons (Fsp3) is 0.458. The molecule has 0 saturated carbocycles. The molecule has 0 bridgehead atoms. The molecular weight excluding hydrogens is 412 g/mol. The number of carbonyl (C=O) groups is 1. The van der Waals surface area contributed by atoms with Gasteiger partial charge >= 0.3 is 6.09 Å². The molecule has 3 heterocycles. The van der Waals surface area contributed by atoms with Crippen LogP contribution >= 0.6 is 11.6 Å². The van der Waals surface area contributed by atoms with E-state index in [1.54, 1.807) is 6.20 Å². The van der Waals surface area contributed by atoms with Crippen molar-refractivity contribution in [3.05, 3.63) is 47.4 Å². The van der Waals surface area contributed by atoms with Gasteiger partial charge in [-0.05, 0) is 69.2 Å². The van der Waals surface area contributed by atoms with Crippen molar-refractivity contribution in [3.8, 4) is 11.3 Å². The van der Waals surface area contributed by atoms with Gasteiger partial charge < -0.3 is 14.2 Å². The van der Waals surface area contributed by atoms with Crippen LogP contribution in [-0.4, -0.2) is 44.2 Å². The average Bonchev–Trinajstić information content (AvgIpc) is 2.98. The summed E-state index contributed by atoms with van der Waals surface area (Å²) in [6.07, 6.45) is 3.57. The van der Waals surface area contributed by atoms with Crippen LogP contribution in [0.25, 0.3) is 22.3 Å². The van der Waals surface area contributed by atoms with Crippen molar-refractivity contribution in [3.63, 3.8) is 0 Å². The van der Waals surface area contributed by atoms with Gasteiger partial charge in [0.2, 0.25) is 5.28 Å². The number of benzene rings is 1. The van der Waals surface area contributed by atoms with Crippen LogP contribution in [0.3, 0.4) is 0 Å². The van der Waals surface area contributed by atoms with E-state index in [0.29, 0.717) is 12.5 Å². The smallest absolute Gasteiger partial charge is 0.410 e. The average molecular weight is 441 g/mol. The zero-order valence-electron chi connectivity index (χ0n) is 18.6. The maximum Gasteiger partial charge on any atom is 0.410 e. The number of aromatic nitrogens is 3. The quantitative estimate of drug-likeness (QED) is 0.489. The van der Waals surface area contributed by atoms with Gasteiger partial charge in [0.05, 0.1) is 5.69 Å². The summed E-state index contributed by atoms with van der Waals surface area (Å²) in [5.74, 6) is 0.299. The van der Waals surface area contributed by atoms with Gasteiger partial charge in [0.25, 0.3) is 0 Å². The first-order valence-corrected chi connectivity index (χ1v) is 11.2. The van der Waals surface area contributed by atoms with E-state index in [0.717, 1.165) is 53.8 Å². The molecule has 1 saturated heterocycles. The molecule has 7 heteroatoms. The third-order valence-electron chi connectivity index (χ3n) is 5.68. The molecule has 1 unspecified atom stereocenters. The first kappa shape index (κ1) is 21.6. The van der Waals surface area contributed by atoms with Crippen LogP contribution in [0.1, 0.15) is 39.2 Å². The molecule has 1 atom stereocenters. The molecule has 0 aliphatic carbocycles. The number of ether oxygens (including phenoxy) is 1. The number of rotatable bonds is 3. The molecule has 1 fully saturated rings. The highest BCUT2D eigenvalue weighted by molar-refractivity contribution is 6.28. The minimum atomic E-state index is -0.494. The molecule has 164 valence electrons. The Labute approximate surface area is 188 Å². The zero-order chi connectivity index (χ0) is 22.2. The maximum absolute atomic E-state index is 12.6. The third kappa shape index (κ3) is 4.69. The Morgan fingerprint density at radius 3 is 2.71 bits per heavy atom. The lowest BCUT2D eigenvalue weighted by molar-refractivity contribution is 0.0158. The second kappa shape index (κ2) is 8.50. The van der Waals surface area contributed by atoms with Crippen molar-refractivity contribution < 1.29 is 9.53 Å². The first-order valence-electron chi connectivity index (χ1n) is 10.8. The normalized spacial score (nSPS) is 17.2. The Bertz CT molecular complexity index is 1090.